The van der Waals surface area contributed by atoms with Gasteiger partial charge in [0, 0.05) is 32.0 Å². The Morgan fingerprint density at radius 3 is 2.70 bits per heavy atom. The number of aromatic nitrogens is 4. The molecule has 4 heterocycles. The van der Waals surface area contributed by atoms with Crippen LogP contribution in [-0.2, 0) is 24.2 Å². The lowest BCUT2D eigenvalue weighted by Gasteiger charge is -2.33. The fourth-order valence-corrected chi connectivity index (χ4v) is 4.00. The molecule has 30 heavy (non-hydrogen) atoms. The van der Waals surface area contributed by atoms with Gasteiger partial charge in [0.25, 0.3) is 0 Å². The molecule has 156 valence electrons. The highest BCUT2D eigenvalue weighted by Crippen LogP contribution is 2.25. The summed E-state index contributed by atoms with van der Waals surface area (Å²) in [7, 11) is 0. The van der Waals surface area contributed by atoms with Gasteiger partial charge in [-0.25, -0.2) is 15.0 Å². The Hall–Kier alpha value is -3.09. The second-order valence-corrected chi connectivity index (χ2v) is 7.72. The van der Waals surface area contributed by atoms with E-state index in [-0.39, 0.29) is 11.8 Å². The maximum atomic E-state index is 12.7. The van der Waals surface area contributed by atoms with Crippen LogP contribution in [0.25, 0.3) is 11.2 Å². The molecule has 1 atom stereocenters. The van der Waals surface area contributed by atoms with Crippen molar-refractivity contribution in [3.8, 4) is 0 Å². The number of rotatable bonds is 6. The maximum absolute atomic E-state index is 12.7. The van der Waals surface area contributed by atoms with Gasteiger partial charge in [0.15, 0.2) is 5.65 Å². The van der Waals surface area contributed by atoms with Crippen LogP contribution in [0.3, 0.4) is 0 Å². The first-order valence-electron chi connectivity index (χ1n) is 10.7. The maximum Gasteiger partial charge on any atom is 0.225 e. The number of pyridine rings is 2. The Morgan fingerprint density at radius 1 is 1.17 bits per heavy atom. The number of hydrogen-bond donors (Lipinski definition) is 1. The lowest BCUT2D eigenvalue weighted by atomic mass is 9.96. The van der Waals surface area contributed by atoms with Crippen molar-refractivity contribution in [2.24, 2.45) is 5.92 Å². The number of carbonyl (C=O) groups is 1. The van der Waals surface area contributed by atoms with Gasteiger partial charge in [-0.3, -0.25) is 9.78 Å². The highest BCUT2D eigenvalue weighted by Gasteiger charge is 2.26. The Morgan fingerprint density at radius 2 is 1.93 bits per heavy atom. The average Bonchev–Trinajstić information content (AvgIpc) is 2.82. The van der Waals surface area contributed by atoms with Crippen molar-refractivity contribution in [3.63, 3.8) is 0 Å². The van der Waals surface area contributed by atoms with E-state index in [1.165, 1.54) is 0 Å². The summed E-state index contributed by atoms with van der Waals surface area (Å²) in [4.78, 5) is 33.0. The van der Waals surface area contributed by atoms with E-state index >= 15 is 0 Å². The lowest BCUT2D eigenvalue weighted by molar-refractivity contribution is -0.125. The highest BCUT2D eigenvalue weighted by atomic mass is 16.1. The molecule has 0 aromatic carbocycles. The van der Waals surface area contributed by atoms with Crippen LogP contribution < -0.4 is 10.2 Å². The Kier molecular flexibility index (Phi) is 6.16. The number of carbonyl (C=O) groups excluding carboxylic acids is 1. The minimum absolute atomic E-state index is 0.0314. The van der Waals surface area contributed by atoms with Crippen LogP contribution in [0.15, 0.2) is 36.8 Å². The van der Waals surface area contributed by atoms with Crippen molar-refractivity contribution in [1.29, 1.82) is 0 Å². The van der Waals surface area contributed by atoms with Crippen LogP contribution in [0.4, 0.5) is 5.69 Å². The van der Waals surface area contributed by atoms with Crippen LogP contribution >= 0.6 is 0 Å². The Bertz CT molecular complexity index is 1020. The summed E-state index contributed by atoms with van der Waals surface area (Å²) in [5.41, 5.74) is 5.64. The Balaban J connectivity index is 1.47. The topological polar surface area (TPSA) is 83.9 Å². The molecule has 0 aliphatic carbocycles. The fourth-order valence-electron chi connectivity index (χ4n) is 4.00. The summed E-state index contributed by atoms with van der Waals surface area (Å²) in [6.45, 7) is 6.34. The van der Waals surface area contributed by atoms with E-state index in [1.54, 1.807) is 12.4 Å². The number of anilines is 1. The van der Waals surface area contributed by atoms with Crippen molar-refractivity contribution >= 4 is 22.8 Å². The molecule has 1 aliphatic rings. The predicted octanol–water partition coefficient (Wildman–Crippen LogP) is 3.08. The molecule has 1 aliphatic heterocycles. The van der Waals surface area contributed by atoms with Crippen molar-refractivity contribution in [3.05, 3.63) is 53.7 Å². The standard InChI is InChI=1S/C23H28N6O/c1-3-19-20(4-2)28-22-21(27-19)12-18(14-25-22)29-11-5-6-17(15-29)23(30)26-13-16-7-9-24-10-8-16/h7-10,12,14,17H,3-6,11,13,15H2,1-2H3,(H,26,30)/t17-/m0/s1. The molecule has 7 nitrogen and oxygen atoms in total. The lowest BCUT2D eigenvalue weighted by Crippen LogP contribution is -2.43. The molecule has 0 saturated carbocycles. The third-order valence-corrected chi connectivity index (χ3v) is 5.71. The number of nitrogens with zero attached hydrogens (tertiary/aromatic N) is 5. The summed E-state index contributed by atoms with van der Waals surface area (Å²) in [6, 6.07) is 5.90. The first-order valence-corrected chi connectivity index (χ1v) is 10.7. The summed E-state index contributed by atoms with van der Waals surface area (Å²) in [5.74, 6) is 0.0712. The second kappa shape index (κ2) is 9.15. The van der Waals surface area contributed by atoms with E-state index in [0.29, 0.717) is 18.7 Å². The van der Waals surface area contributed by atoms with Gasteiger partial charge in [-0.05, 0) is 49.4 Å². The van der Waals surface area contributed by atoms with E-state index in [9.17, 15) is 4.79 Å². The van der Waals surface area contributed by atoms with E-state index in [2.05, 4.69) is 45.1 Å². The van der Waals surface area contributed by atoms with Crippen molar-refractivity contribution < 1.29 is 4.79 Å². The van der Waals surface area contributed by atoms with Crippen LogP contribution in [0.2, 0.25) is 0 Å². The number of piperidine rings is 1. The van der Waals surface area contributed by atoms with Gasteiger partial charge in [-0.2, -0.15) is 0 Å². The van der Waals surface area contributed by atoms with Gasteiger partial charge < -0.3 is 10.2 Å². The molecule has 3 aromatic rings. The zero-order valence-electron chi connectivity index (χ0n) is 17.6. The second-order valence-electron chi connectivity index (χ2n) is 7.72. The third-order valence-electron chi connectivity index (χ3n) is 5.71. The van der Waals surface area contributed by atoms with Gasteiger partial charge in [-0.15, -0.1) is 0 Å². The zero-order valence-corrected chi connectivity index (χ0v) is 17.6. The zero-order chi connectivity index (χ0) is 20.9. The number of fused-ring (bicyclic) bond motifs is 1. The molecular formula is C23H28N6O. The minimum atomic E-state index is -0.0314. The molecule has 1 N–H and O–H groups in total. The summed E-state index contributed by atoms with van der Waals surface area (Å²) >= 11 is 0. The smallest absolute Gasteiger partial charge is 0.225 e. The van der Waals surface area contributed by atoms with Crippen molar-refractivity contribution in [2.75, 3.05) is 18.0 Å². The van der Waals surface area contributed by atoms with E-state index in [0.717, 1.165) is 60.4 Å². The molecule has 0 radical (unpaired) electrons. The van der Waals surface area contributed by atoms with Crippen LogP contribution in [-0.4, -0.2) is 38.9 Å². The van der Waals surface area contributed by atoms with Crippen LogP contribution in [0.1, 0.15) is 43.6 Å². The highest BCUT2D eigenvalue weighted by molar-refractivity contribution is 5.80. The van der Waals surface area contributed by atoms with Gasteiger partial charge in [0.05, 0.1) is 29.2 Å². The van der Waals surface area contributed by atoms with Gasteiger partial charge in [0.1, 0.15) is 5.52 Å². The van der Waals surface area contributed by atoms with Gasteiger partial charge >= 0.3 is 0 Å². The molecule has 1 saturated heterocycles. The number of amides is 1. The number of hydrogen-bond acceptors (Lipinski definition) is 6. The predicted molar refractivity (Wildman–Crippen MR) is 117 cm³/mol. The number of aryl methyl sites for hydroxylation is 2. The van der Waals surface area contributed by atoms with E-state index in [1.807, 2.05) is 18.3 Å². The molecule has 4 rings (SSSR count). The van der Waals surface area contributed by atoms with Crippen molar-refractivity contribution in [2.45, 2.75) is 46.1 Å². The molecule has 0 spiro atoms. The molecular weight excluding hydrogens is 376 g/mol. The van der Waals surface area contributed by atoms with E-state index in [4.69, 9.17) is 4.98 Å². The average molecular weight is 405 g/mol. The summed E-state index contributed by atoms with van der Waals surface area (Å²) < 4.78 is 0. The molecule has 1 amide bonds. The monoisotopic (exact) mass is 404 g/mol. The normalized spacial score (nSPS) is 16.6. The van der Waals surface area contributed by atoms with Gasteiger partial charge in [-0.1, -0.05) is 13.8 Å². The fraction of sp³-hybridized carbons (Fsp3) is 0.435. The largest absolute Gasteiger partial charge is 0.369 e. The Labute approximate surface area is 177 Å². The first kappa shape index (κ1) is 20.2. The SMILES string of the molecule is CCc1nc2cc(N3CCC[C@H](C(=O)NCc4ccncc4)C3)cnc2nc1CC. The summed E-state index contributed by atoms with van der Waals surface area (Å²) in [6.07, 6.45) is 8.95. The van der Waals surface area contributed by atoms with Crippen molar-refractivity contribution in [1.82, 2.24) is 25.3 Å². The van der Waals surface area contributed by atoms with Crippen LogP contribution in [0.5, 0.6) is 0 Å². The van der Waals surface area contributed by atoms with E-state index < -0.39 is 0 Å². The minimum Gasteiger partial charge on any atom is -0.369 e. The number of nitrogens with one attached hydrogen (secondary N) is 1. The summed E-state index contributed by atoms with van der Waals surface area (Å²) in [5, 5.41) is 3.07. The molecule has 1 fully saturated rings. The molecule has 3 aromatic heterocycles. The first-order chi connectivity index (χ1) is 14.7. The molecule has 0 bridgehead atoms. The molecule has 0 unspecified atom stereocenters. The molecule has 7 heteroatoms. The quantitative estimate of drug-likeness (QED) is 0.680. The third kappa shape index (κ3) is 4.40. The van der Waals surface area contributed by atoms with Gasteiger partial charge in [0.2, 0.25) is 5.91 Å². The van der Waals surface area contributed by atoms with Crippen LogP contribution in [0, 0.1) is 5.92 Å².